The van der Waals surface area contributed by atoms with Crippen molar-refractivity contribution in [3.05, 3.63) is 16.6 Å². The molecule has 1 unspecified atom stereocenters. The number of nitrogens with one attached hydrogen (secondary N) is 1. The second-order valence-corrected chi connectivity index (χ2v) is 4.18. The molecule has 0 radical (unpaired) electrons. The average molecular weight is 278 g/mol. The number of amides is 1. The fourth-order valence-electron chi connectivity index (χ4n) is 1.10. The van der Waals surface area contributed by atoms with Crippen LogP contribution in [0.25, 0.3) is 0 Å². The van der Waals surface area contributed by atoms with Crippen molar-refractivity contribution in [2.75, 3.05) is 12.4 Å². The van der Waals surface area contributed by atoms with E-state index in [9.17, 15) is 4.79 Å². The topological polar surface area (TPSA) is 64.1 Å². The summed E-state index contributed by atoms with van der Waals surface area (Å²) in [6.07, 6.45) is 2.19. The van der Waals surface area contributed by atoms with Gasteiger partial charge in [-0.15, -0.1) is 0 Å². The van der Waals surface area contributed by atoms with Gasteiger partial charge in [0.25, 0.3) is 0 Å². The molecule has 1 aromatic rings. The van der Waals surface area contributed by atoms with Crippen molar-refractivity contribution in [2.24, 2.45) is 0 Å². The molecule has 1 amide bonds. The molecule has 1 rings (SSSR count). The van der Waals surface area contributed by atoms with Crippen LogP contribution in [0.15, 0.2) is 6.33 Å². The predicted octanol–water partition coefficient (Wildman–Crippen LogP) is 2.54. The molecule has 0 spiro atoms. The maximum atomic E-state index is 11.6. The molecule has 1 atom stereocenters. The molecule has 1 heterocycles. The highest BCUT2D eigenvalue weighted by atomic mass is 35.5. The van der Waals surface area contributed by atoms with Gasteiger partial charge >= 0.3 is 0 Å². The van der Waals surface area contributed by atoms with Gasteiger partial charge in [0.2, 0.25) is 5.91 Å². The highest BCUT2D eigenvalue weighted by molar-refractivity contribution is 6.38. The summed E-state index contributed by atoms with van der Waals surface area (Å²) >= 11 is 11.6. The van der Waals surface area contributed by atoms with Crippen LogP contribution in [0.4, 0.5) is 5.69 Å². The van der Waals surface area contributed by atoms with Crippen LogP contribution in [0, 0.1) is 0 Å². The summed E-state index contributed by atoms with van der Waals surface area (Å²) in [5.74, 6) is -0.201. The third kappa shape index (κ3) is 4.46. The molecular weight excluding hydrogens is 265 g/mol. The lowest BCUT2D eigenvalue weighted by Crippen LogP contribution is -2.16. The molecule has 0 fully saturated rings. The van der Waals surface area contributed by atoms with E-state index < -0.39 is 0 Å². The van der Waals surface area contributed by atoms with E-state index in [0.717, 1.165) is 0 Å². The van der Waals surface area contributed by atoms with Gasteiger partial charge in [-0.2, -0.15) is 0 Å². The number of carbonyl (C=O) groups excluding carboxylic acids is 1. The number of methoxy groups -OCH3 is 1. The number of carbonyl (C=O) groups is 1. The van der Waals surface area contributed by atoms with Crippen LogP contribution in [0.3, 0.4) is 0 Å². The normalized spacial score (nSPS) is 12.2. The molecule has 0 bridgehead atoms. The Bertz CT molecular complexity index is 381. The summed E-state index contributed by atoms with van der Waals surface area (Å²) in [4.78, 5) is 19.1. The van der Waals surface area contributed by atoms with Crippen LogP contribution < -0.4 is 5.32 Å². The Kier molecular flexibility index (Phi) is 5.61. The summed E-state index contributed by atoms with van der Waals surface area (Å²) in [7, 11) is 1.60. The van der Waals surface area contributed by atoms with Gasteiger partial charge in [-0.05, 0) is 13.3 Å². The van der Waals surface area contributed by atoms with E-state index >= 15 is 0 Å². The van der Waals surface area contributed by atoms with E-state index in [1.54, 1.807) is 7.11 Å². The van der Waals surface area contributed by atoms with Crippen molar-refractivity contribution in [1.82, 2.24) is 9.97 Å². The van der Waals surface area contributed by atoms with Crippen LogP contribution in [0.5, 0.6) is 0 Å². The quantitative estimate of drug-likeness (QED) is 0.840. The second kappa shape index (κ2) is 6.74. The third-order valence-corrected chi connectivity index (χ3v) is 2.77. The van der Waals surface area contributed by atoms with Crippen molar-refractivity contribution in [2.45, 2.75) is 25.9 Å². The zero-order valence-corrected chi connectivity index (χ0v) is 11.0. The minimum absolute atomic E-state index is 0.0266. The average Bonchev–Trinajstić information content (AvgIpc) is 2.31. The van der Waals surface area contributed by atoms with E-state index in [-0.39, 0.29) is 28.0 Å². The minimum atomic E-state index is -0.201. The molecule has 0 aromatic carbocycles. The van der Waals surface area contributed by atoms with Crippen LogP contribution >= 0.6 is 23.2 Å². The molecular formula is C10H13Cl2N3O2. The fourth-order valence-corrected chi connectivity index (χ4v) is 1.51. The van der Waals surface area contributed by atoms with Gasteiger partial charge < -0.3 is 10.1 Å². The number of nitrogens with zero attached hydrogens (tertiary/aromatic N) is 2. The predicted molar refractivity (Wildman–Crippen MR) is 66.4 cm³/mol. The van der Waals surface area contributed by atoms with Crippen LogP contribution in [0.2, 0.25) is 10.3 Å². The lowest BCUT2D eigenvalue weighted by Gasteiger charge is -2.10. The molecule has 0 saturated heterocycles. The first-order valence-corrected chi connectivity index (χ1v) is 5.78. The molecule has 0 saturated carbocycles. The monoisotopic (exact) mass is 277 g/mol. The van der Waals surface area contributed by atoms with E-state index in [4.69, 9.17) is 27.9 Å². The van der Waals surface area contributed by atoms with E-state index in [2.05, 4.69) is 15.3 Å². The number of aromatic nitrogens is 2. The highest BCUT2D eigenvalue weighted by Gasteiger charge is 2.12. The minimum Gasteiger partial charge on any atom is -0.382 e. The van der Waals surface area contributed by atoms with Crippen LogP contribution in [-0.4, -0.2) is 29.1 Å². The Hall–Kier alpha value is -0.910. The first-order valence-electron chi connectivity index (χ1n) is 5.03. The summed E-state index contributed by atoms with van der Waals surface area (Å²) in [6.45, 7) is 1.89. The number of ether oxygens (including phenoxy) is 1. The number of rotatable bonds is 5. The zero-order valence-electron chi connectivity index (χ0n) is 9.54. The Balaban J connectivity index is 2.56. The molecule has 0 aliphatic carbocycles. The van der Waals surface area contributed by atoms with E-state index in [1.807, 2.05) is 6.92 Å². The Labute approximate surface area is 109 Å². The molecule has 1 N–H and O–H groups in total. The van der Waals surface area contributed by atoms with Crippen LogP contribution in [-0.2, 0) is 9.53 Å². The van der Waals surface area contributed by atoms with Crippen molar-refractivity contribution in [1.29, 1.82) is 0 Å². The summed E-state index contributed by atoms with van der Waals surface area (Å²) in [6, 6.07) is 0. The van der Waals surface area contributed by atoms with Gasteiger partial charge in [0.15, 0.2) is 10.3 Å². The third-order valence-electron chi connectivity index (χ3n) is 2.20. The SMILES string of the molecule is COC(C)CCC(=O)Nc1c(Cl)ncnc1Cl. The number of hydrogen-bond donors (Lipinski definition) is 1. The van der Waals surface area contributed by atoms with Gasteiger partial charge in [0.05, 0.1) is 6.10 Å². The summed E-state index contributed by atoms with van der Waals surface area (Å²) < 4.78 is 5.04. The van der Waals surface area contributed by atoms with Gasteiger partial charge in [0.1, 0.15) is 12.0 Å². The first kappa shape index (κ1) is 14.2. The molecule has 1 aromatic heterocycles. The highest BCUT2D eigenvalue weighted by Crippen LogP contribution is 2.25. The smallest absolute Gasteiger partial charge is 0.224 e. The summed E-state index contributed by atoms with van der Waals surface area (Å²) in [5, 5.41) is 2.82. The summed E-state index contributed by atoms with van der Waals surface area (Å²) in [5.41, 5.74) is 0.242. The molecule has 0 aliphatic heterocycles. The number of anilines is 1. The molecule has 94 valence electrons. The van der Waals surface area contributed by atoms with Gasteiger partial charge in [0, 0.05) is 13.5 Å². The van der Waals surface area contributed by atoms with Crippen molar-refractivity contribution in [3.8, 4) is 0 Å². The van der Waals surface area contributed by atoms with Crippen LogP contribution in [0.1, 0.15) is 19.8 Å². The van der Waals surface area contributed by atoms with E-state index in [0.29, 0.717) is 12.8 Å². The lowest BCUT2D eigenvalue weighted by molar-refractivity contribution is -0.116. The second-order valence-electron chi connectivity index (χ2n) is 3.46. The maximum absolute atomic E-state index is 11.6. The van der Waals surface area contributed by atoms with Gasteiger partial charge in [-0.3, -0.25) is 4.79 Å². The molecule has 7 heteroatoms. The molecule has 0 aliphatic rings. The van der Waals surface area contributed by atoms with Gasteiger partial charge in [-0.1, -0.05) is 23.2 Å². The zero-order chi connectivity index (χ0) is 12.8. The number of halogens is 2. The fraction of sp³-hybridized carbons (Fsp3) is 0.500. The number of hydrogen-bond acceptors (Lipinski definition) is 4. The molecule has 17 heavy (non-hydrogen) atoms. The van der Waals surface area contributed by atoms with Crippen molar-refractivity contribution < 1.29 is 9.53 Å². The Morgan fingerprint density at radius 2 is 2.06 bits per heavy atom. The van der Waals surface area contributed by atoms with Crippen molar-refractivity contribution in [3.63, 3.8) is 0 Å². The lowest BCUT2D eigenvalue weighted by atomic mass is 10.2. The first-order chi connectivity index (χ1) is 8.04. The standard InChI is InChI=1S/C10H13Cl2N3O2/c1-6(17-2)3-4-7(16)15-8-9(11)13-5-14-10(8)12/h5-6H,3-4H2,1-2H3,(H,15,16). The van der Waals surface area contributed by atoms with Crippen molar-refractivity contribution >= 4 is 34.8 Å². The maximum Gasteiger partial charge on any atom is 0.224 e. The largest absolute Gasteiger partial charge is 0.382 e. The van der Waals surface area contributed by atoms with E-state index in [1.165, 1.54) is 6.33 Å². The van der Waals surface area contributed by atoms with Gasteiger partial charge in [-0.25, -0.2) is 9.97 Å². The Morgan fingerprint density at radius 1 is 1.47 bits per heavy atom. The Morgan fingerprint density at radius 3 is 2.59 bits per heavy atom. The molecule has 5 nitrogen and oxygen atoms in total.